The summed E-state index contributed by atoms with van der Waals surface area (Å²) < 4.78 is 4.96. The minimum absolute atomic E-state index is 0.00949. The molecule has 1 aromatic rings. The van der Waals surface area contributed by atoms with Crippen LogP contribution in [0.3, 0.4) is 0 Å². The van der Waals surface area contributed by atoms with Crippen LogP contribution < -0.4 is 0 Å². The molecule has 1 aromatic heterocycles. The van der Waals surface area contributed by atoms with Crippen molar-refractivity contribution >= 4 is 29.4 Å². The molecule has 2 rings (SSSR count). The van der Waals surface area contributed by atoms with Crippen molar-refractivity contribution in [2.45, 2.75) is 6.92 Å². The van der Waals surface area contributed by atoms with E-state index >= 15 is 0 Å². The number of amides is 2. The number of halogens is 1. The summed E-state index contributed by atoms with van der Waals surface area (Å²) in [5.41, 5.74) is 0.123. The number of hydrogen-bond donors (Lipinski definition) is 0. The zero-order chi connectivity index (χ0) is 16.1. The highest BCUT2D eigenvalue weighted by Crippen LogP contribution is 2.12. The SMILES string of the molecule is CC(=O)N1CCN(C(=O)COC(=O)c2cccnc2Cl)CC1. The van der Waals surface area contributed by atoms with Gasteiger partial charge >= 0.3 is 5.97 Å². The van der Waals surface area contributed by atoms with Gasteiger partial charge in [-0.2, -0.15) is 0 Å². The molecule has 1 fully saturated rings. The minimum Gasteiger partial charge on any atom is -0.452 e. The number of aromatic nitrogens is 1. The quantitative estimate of drug-likeness (QED) is 0.600. The third-order valence-electron chi connectivity index (χ3n) is 3.38. The molecular weight excluding hydrogens is 310 g/mol. The first kappa shape index (κ1) is 16.2. The number of pyridine rings is 1. The van der Waals surface area contributed by atoms with E-state index in [1.54, 1.807) is 15.9 Å². The van der Waals surface area contributed by atoms with E-state index in [0.717, 1.165) is 0 Å². The molecule has 1 aliphatic heterocycles. The maximum absolute atomic E-state index is 12.0. The number of piperazine rings is 1. The third-order valence-corrected chi connectivity index (χ3v) is 3.68. The Balaban J connectivity index is 1.82. The second-order valence-corrected chi connectivity index (χ2v) is 5.16. The summed E-state index contributed by atoms with van der Waals surface area (Å²) in [5.74, 6) is -0.991. The molecule has 0 aromatic carbocycles. The van der Waals surface area contributed by atoms with Gasteiger partial charge in [-0.3, -0.25) is 9.59 Å². The molecule has 2 heterocycles. The Kier molecular flexibility index (Phi) is 5.32. The van der Waals surface area contributed by atoms with Crippen LogP contribution in [0.2, 0.25) is 5.15 Å². The van der Waals surface area contributed by atoms with Gasteiger partial charge in [-0.1, -0.05) is 11.6 Å². The molecular formula is C14H16ClN3O4. The number of rotatable bonds is 3. The molecule has 0 aliphatic carbocycles. The summed E-state index contributed by atoms with van der Waals surface area (Å²) in [6, 6.07) is 3.04. The van der Waals surface area contributed by atoms with E-state index in [0.29, 0.717) is 26.2 Å². The fraction of sp³-hybridized carbons (Fsp3) is 0.429. The van der Waals surface area contributed by atoms with Crippen molar-refractivity contribution in [3.63, 3.8) is 0 Å². The summed E-state index contributed by atoms with van der Waals surface area (Å²) in [6.07, 6.45) is 1.46. The number of esters is 1. The topological polar surface area (TPSA) is 79.8 Å². The van der Waals surface area contributed by atoms with Crippen LogP contribution in [0.1, 0.15) is 17.3 Å². The van der Waals surface area contributed by atoms with Gasteiger partial charge in [0, 0.05) is 39.3 Å². The zero-order valence-corrected chi connectivity index (χ0v) is 12.9. The summed E-state index contributed by atoms with van der Waals surface area (Å²) in [5, 5.41) is 0.0371. The largest absolute Gasteiger partial charge is 0.452 e. The Hall–Kier alpha value is -2.15. The molecule has 7 nitrogen and oxygen atoms in total. The maximum atomic E-state index is 12.0. The van der Waals surface area contributed by atoms with Crippen LogP contribution in [0, 0.1) is 0 Å². The lowest BCUT2D eigenvalue weighted by Crippen LogP contribution is -2.51. The van der Waals surface area contributed by atoms with Crippen molar-refractivity contribution < 1.29 is 19.1 Å². The maximum Gasteiger partial charge on any atom is 0.341 e. The van der Waals surface area contributed by atoms with E-state index in [9.17, 15) is 14.4 Å². The smallest absolute Gasteiger partial charge is 0.341 e. The molecule has 22 heavy (non-hydrogen) atoms. The highest BCUT2D eigenvalue weighted by atomic mass is 35.5. The molecule has 0 saturated carbocycles. The number of carbonyl (C=O) groups excluding carboxylic acids is 3. The molecule has 1 saturated heterocycles. The van der Waals surface area contributed by atoms with Crippen molar-refractivity contribution in [3.05, 3.63) is 29.0 Å². The average Bonchev–Trinajstić information content (AvgIpc) is 2.52. The number of ether oxygens (including phenoxy) is 1. The van der Waals surface area contributed by atoms with Gasteiger partial charge in [0.1, 0.15) is 5.15 Å². The molecule has 2 amide bonds. The van der Waals surface area contributed by atoms with Crippen molar-refractivity contribution in [3.8, 4) is 0 Å². The summed E-state index contributed by atoms with van der Waals surface area (Å²) in [4.78, 5) is 42.0. The van der Waals surface area contributed by atoms with E-state index in [1.807, 2.05) is 0 Å². The van der Waals surface area contributed by atoms with Crippen molar-refractivity contribution in [2.75, 3.05) is 32.8 Å². The van der Waals surface area contributed by atoms with Crippen LogP contribution in [0.4, 0.5) is 0 Å². The zero-order valence-electron chi connectivity index (χ0n) is 12.1. The van der Waals surface area contributed by atoms with Crippen LogP contribution in [-0.4, -0.2) is 65.4 Å². The van der Waals surface area contributed by atoms with Gasteiger partial charge in [0.15, 0.2) is 6.61 Å². The van der Waals surface area contributed by atoms with E-state index in [1.165, 1.54) is 19.2 Å². The third kappa shape index (κ3) is 3.94. The van der Waals surface area contributed by atoms with E-state index in [-0.39, 0.29) is 29.1 Å². The molecule has 8 heteroatoms. The Labute approximate surface area is 132 Å². The predicted octanol–water partition coefficient (Wildman–Crippen LogP) is 0.582. The Morgan fingerprint density at radius 2 is 1.86 bits per heavy atom. The van der Waals surface area contributed by atoms with Gasteiger partial charge in [0.25, 0.3) is 5.91 Å². The lowest BCUT2D eigenvalue weighted by atomic mass is 10.3. The molecule has 0 bridgehead atoms. The normalized spacial score (nSPS) is 14.6. The standard InChI is InChI=1S/C14H16ClN3O4/c1-10(19)17-5-7-18(8-6-17)12(20)9-22-14(21)11-3-2-4-16-13(11)15/h2-4H,5-9H2,1H3. The summed E-state index contributed by atoms with van der Waals surface area (Å²) >= 11 is 5.78. The monoisotopic (exact) mass is 325 g/mol. The lowest BCUT2D eigenvalue weighted by molar-refractivity contribution is -0.140. The first-order valence-corrected chi connectivity index (χ1v) is 7.17. The molecule has 0 radical (unpaired) electrons. The van der Waals surface area contributed by atoms with Crippen molar-refractivity contribution in [1.29, 1.82) is 0 Å². The lowest BCUT2D eigenvalue weighted by Gasteiger charge is -2.34. The second kappa shape index (κ2) is 7.22. The van der Waals surface area contributed by atoms with Crippen LogP contribution in [-0.2, 0) is 14.3 Å². The Bertz CT molecular complexity index is 585. The summed E-state index contributed by atoms with van der Waals surface area (Å²) in [7, 11) is 0. The average molecular weight is 326 g/mol. The number of nitrogens with zero attached hydrogens (tertiary/aromatic N) is 3. The van der Waals surface area contributed by atoms with Crippen molar-refractivity contribution in [1.82, 2.24) is 14.8 Å². The molecule has 118 valence electrons. The second-order valence-electron chi connectivity index (χ2n) is 4.80. The molecule has 0 atom stereocenters. The van der Waals surface area contributed by atoms with Gasteiger partial charge in [-0.05, 0) is 12.1 Å². The predicted molar refractivity (Wildman–Crippen MR) is 78.4 cm³/mol. The highest BCUT2D eigenvalue weighted by molar-refractivity contribution is 6.32. The van der Waals surface area contributed by atoms with Gasteiger partial charge in [0.2, 0.25) is 5.91 Å². The fourth-order valence-electron chi connectivity index (χ4n) is 2.11. The first-order chi connectivity index (χ1) is 10.5. The van der Waals surface area contributed by atoms with Crippen molar-refractivity contribution in [2.24, 2.45) is 0 Å². The fourth-order valence-corrected chi connectivity index (χ4v) is 2.30. The molecule has 1 aliphatic rings. The van der Waals surface area contributed by atoms with Gasteiger partial charge in [-0.15, -0.1) is 0 Å². The van der Waals surface area contributed by atoms with Gasteiger partial charge in [-0.25, -0.2) is 9.78 Å². The van der Waals surface area contributed by atoms with Gasteiger partial charge in [0.05, 0.1) is 5.56 Å². The first-order valence-electron chi connectivity index (χ1n) is 6.80. The van der Waals surface area contributed by atoms with E-state index < -0.39 is 5.97 Å². The van der Waals surface area contributed by atoms with E-state index in [2.05, 4.69) is 4.98 Å². The number of carbonyl (C=O) groups is 3. The molecule has 0 N–H and O–H groups in total. The van der Waals surface area contributed by atoms with Gasteiger partial charge < -0.3 is 14.5 Å². The van der Waals surface area contributed by atoms with Crippen LogP contribution >= 0.6 is 11.6 Å². The van der Waals surface area contributed by atoms with Crippen LogP contribution in [0.5, 0.6) is 0 Å². The number of hydrogen-bond acceptors (Lipinski definition) is 5. The Morgan fingerprint density at radius 3 is 2.45 bits per heavy atom. The molecule has 0 spiro atoms. The van der Waals surface area contributed by atoms with E-state index in [4.69, 9.17) is 16.3 Å². The minimum atomic E-state index is -0.686. The highest BCUT2D eigenvalue weighted by Gasteiger charge is 2.23. The molecule has 0 unspecified atom stereocenters. The van der Waals surface area contributed by atoms with Crippen LogP contribution in [0.25, 0.3) is 0 Å². The summed E-state index contributed by atoms with van der Waals surface area (Å²) in [6.45, 7) is 2.99. The Morgan fingerprint density at radius 1 is 1.23 bits per heavy atom. The van der Waals surface area contributed by atoms with Crippen LogP contribution in [0.15, 0.2) is 18.3 Å².